The van der Waals surface area contributed by atoms with E-state index in [1.165, 1.54) is 18.4 Å². The number of carbonyl (C=O) groups excluding carboxylic acids is 1. The first-order valence-electron chi connectivity index (χ1n) is 9.19. The highest BCUT2D eigenvalue weighted by molar-refractivity contribution is 5.91. The molecule has 0 unspecified atom stereocenters. The second kappa shape index (κ2) is 8.70. The number of ether oxygens (including phenoxy) is 1. The molecule has 0 atom stereocenters. The van der Waals surface area contributed by atoms with E-state index in [-0.39, 0.29) is 5.91 Å². The number of hydrogen-bond acceptors (Lipinski definition) is 4. The van der Waals surface area contributed by atoms with Gasteiger partial charge in [-0.05, 0) is 56.7 Å². The van der Waals surface area contributed by atoms with Crippen molar-refractivity contribution in [2.45, 2.75) is 45.6 Å². The predicted molar refractivity (Wildman–Crippen MR) is 100 cm³/mol. The molecule has 1 heterocycles. The number of methoxy groups -OCH3 is 1. The summed E-state index contributed by atoms with van der Waals surface area (Å²) in [5, 5.41) is 3.85. The van der Waals surface area contributed by atoms with Crippen LogP contribution in [-0.4, -0.2) is 29.6 Å². The molecule has 0 N–H and O–H groups in total. The zero-order valence-electron chi connectivity index (χ0n) is 15.5. The zero-order chi connectivity index (χ0) is 18.4. The SMILES string of the molecule is COc1ccc(CN(CCC2=CCCCC2)C(=O)c2cc(C)no2)cc1. The van der Waals surface area contributed by atoms with E-state index < -0.39 is 0 Å². The van der Waals surface area contributed by atoms with Crippen molar-refractivity contribution in [3.63, 3.8) is 0 Å². The van der Waals surface area contributed by atoms with Gasteiger partial charge in [-0.15, -0.1) is 0 Å². The van der Waals surface area contributed by atoms with Gasteiger partial charge in [-0.3, -0.25) is 4.79 Å². The number of nitrogens with zero attached hydrogens (tertiary/aromatic N) is 2. The van der Waals surface area contributed by atoms with Crippen LogP contribution >= 0.6 is 0 Å². The van der Waals surface area contributed by atoms with Gasteiger partial charge in [-0.25, -0.2) is 0 Å². The Morgan fingerprint density at radius 3 is 2.69 bits per heavy atom. The van der Waals surface area contributed by atoms with Crippen molar-refractivity contribution in [2.75, 3.05) is 13.7 Å². The largest absolute Gasteiger partial charge is 0.497 e. The summed E-state index contributed by atoms with van der Waals surface area (Å²) in [5.74, 6) is 0.997. The molecule has 0 saturated heterocycles. The molecule has 138 valence electrons. The van der Waals surface area contributed by atoms with Crippen molar-refractivity contribution in [1.29, 1.82) is 0 Å². The minimum atomic E-state index is -0.113. The highest BCUT2D eigenvalue weighted by atomic mass is 16.5. The normalized spacial score (nSPS) is 14.0. The van der Waals surface area contributed by atoms with E-state index in [9.17, 15) is 4.79 Å². The van der Waals surface area contributed by atoms with E-state index >= 15 is 0 Å². The summed E-state index contributed by atoms with van der Waals surface area (Å²) in [5.41, 5.74) is 3.23. The average molecular weight is 354 g/mol. The van der Waals surface area contributed by atoms with Crippen LogP contribution in [0.15, 0.2) is 46.5 Å². The van der Waals surface area contributed by atoms with Crippen molar-refractivity contribution in [1.82, 2.24) is 10.1 Å². The molecule has 0 fully saturated rings. The summed E-state index contributed by atoms with van der Waals surface area (Å²) in [7, 11) is 1.65. The van der Waals surface area contributed by atoms with E-state index in [1.807, 2.05) is 36.1 Å². The Balaban J connectivity index is 1.73. The molecule has 1 aliphatic rings. The molecule has 1 aromatic carbocycles. The van der Waals surface area contributed by atoms with Crippen LogP contribution in [0.2, 0.25) is 0 Å². The fourth-order valence-electron chi connectivity index (χ4n) is 3.23. The fourth-order valence-corrected chi connectivity index (χ4v) is 3.23. The van der Waals surface area contributed by atoms with Gasteiger partial charge in [0.15, 0.2) is 0 Å². The first kappa shape index (κ1) is 18.2. The van der Waals surface area contributed by atoms with Gasteiger partial charge in [0, 0.05) is 19.2 Å². The number of carbonyl (C=O) groups is 1. The third kappa shape index (κ3) is 4.75. The van der Waals surface area contributed by atoms with Gasteiger partial charge in [0.05, 0.1) is 12.8 Å². The predicted octanol–water partition coefficient (Wildman–Crippen LogP) is 4.52. The van der Waals surface area contributed by atoms with Crippen LogP contribution in [0.4, 0.5) is 0 Å². The van der Waals surface area contributed by atoms with Crippen molar-refractivity contribution >= 4 is 5.91 Å². The Kier molecular flexibility index (Phi) is 6.10. The topological polar surface area (TPSA) is 55.6 Å². The van der Waals surface area contributed by atoms with Crippen LogP contribution in [0.25, 0.3) is 0 Å². The van der Waals surface area contributed by atoms with E-state index in [1.54, 1.807) is 13.2 Å². The van der Waals surface area contributed by atoms with Gasteiger partial charge in [-0.2, -0.15) is 0 Å². The summed E-state index contributed by atoms with van der Waals surface area (Å²) < 4.78 is 10.4. The monoisotopic (exact) mass is 354 g/mol. The van der Waals surface area contributed by atoms with E-state index in [2.05, 4.69) is 11.2 Å². The number of rotatable bonds is 7. The molecule has 1 aromatic heterocycles. The minimum Gasteiger partial charge on any atom is -0.497 e. The summed E-state index contributed by atoms with van der Waals surface area (Å²) in [6.45, 7) is 3.03. The Labute approximate surface area is 154 Å². The lowest BCUT2D eigenvalue weighted by atomic mass is 9.97. The molecule has 5 heteroatoms. The first-order chi connectivity index (χ1) is 12.7. The van der Waals surface area contributed by atoms with Gasteiger partial charge < -0.3 is 14.2 Å². The van der Waals surface area contributed by atoms with E-state index in [0.29, 0.717) is 24.5 Å². The Bertz CT molecular complexity index is 762. The molecule has 0 radical (unpaired) electrons. The summed E-state index contributed by atoms with van der Waals surface area (Å²) in [4.78, 5) is 14.8. The maximum Gasteiger partial charge on any atom is 0.292 e. The number of benzene rings is 1. The molecule has 0 saturated carbocycles. The number of amides is 1. The van der Waals surface area contributed by atoms with Crippen LogP contribution in [0.3, 0.4) is 0 Å². The van der Waals surface area contributed by atoms with Crippen LogP contribution in [0.1, 0.15) is 53.9 Å². The minimum absolute atomic E-state index is 0.113. The lowest BCUT2D eigenvalue weighted by Gasteiger charge is -2.23. The highest BCUT2D eigenvalue weighted by Gasteiger charge is 2.21. The molecular formula is C21H26N2O3. The van der Waals surface area contributed by atoms with Gasteiger partial charge in [0.1, 0.15) is 5.75 Å². The molecule has 2 aromatic rings. The number of aryl methyl sites for hydroxylation is 1. The average Bonchev–Trinajstić information content (AvgIpc) is 3.12. The van der Waals surface area contributed by atoms with Gasteiger partial charge in [0.2, 0.25) is 5.76 Å². The Morgan fingerprint density at radius 1 is 1.27 bits per heavy atom. The highest BCUT2D eigenvalue weighted by Crippen LogP contribution is 2.22. The maximum absolute atomic E-state index is 12.9. The number of aromatic nitrogens is 1. The molecule has 1 aliphatic carbocycles. The molecule has 3 rings (SSSR count). The summed E-state index contributed by atoms with van der Waals surface area (Å²) in [6, 6.07) is 9.51. The Hall–Kier alpha value is -2.56. The van der Waals surface area contributed by atoms with Gasteiger partial charge in [-0.1, -0.05) is 28.9 Å². The standard InChI is InChI=1S/C21H26N2O3/c1-16-14-20(26-22-16)21(24)23(13-12-17-6-4-3-5-7-17)15-18-8-10-19(25-2)11-9-18/h6,8-11,14H,3-5,7,12-13,15H2,1-2H3. The molecule has 0 spiro atoms. The third-order valence-corrected chi connectivity index (χ3v) is 4.75. The Morgan fingerprint density at radius 2 is 2.08 bits per heavy atom. The smallest absolute Gasteiger partial charge is 0.292 e. The fraction of sp³-hybridized carbons (Fsp3) is 0.429. The molecule has 0 bridgehead atoms. The molecule has 0 aliphatic heterocycles. The van der Waals surface area contributed by atoms with Crippen molar-refractivity contribution in [3.05, 3.63) is 59.0 Å². The van der Waals surface area contributed by atoms with Crippen LogP contribution < -0.4 is 4.74 Å². The molecule has 26 heavy (non-hydrogen) atoms. The second-order valence-corrected chi connectivity index (χ2v) is 6.77. The van der Waals surface area contributed by atoms with Gasteiger partial charge in [0.25, 0.3) is 5.91 Å². The lowest BCUT2D eigenvalue weighted by Crippen LogP contribution is -2.31. The number of hydrogen-bond donors (Lipinski definition) is 0. The molecular weight excluding hydrogens is 328 g/mol. The number of allylic oxidation sites excluding steroid dienone is 1. The third-order valence-electron chi connectivity index (χ3n) is 4.75. The summed E-state index contributed by atoms with van der Waals surface area (Å²) >= 11 is 0. The maximum atomic E-state index is 12.9. The summed E-state index contributed by atoms with van der Waals surface area (Å²) in [6.07, 6.45) is 8.07. The van der Waals surface area contributed by atoms with Crippen molar-refractivity contribution in [3.8, 4) is 5.75 Å². The quantitative estimate of drug-likeness (QED) is 0.686. The van der Waals surface area contributed by atoms with E-state index in [4.69, 9.17) is 9.26 Å². The molecule has 1 amide bonds. The van der Waals surface area contributed by atoms with Crippen molar-refractivity contribution < 1.29 is 14.1 Å². The van der Waals surface area contributed by atoms with Gasteiger partial charge >= 0.3 is 0 Å². The lowest BCUT2D eigenvalue weighted by molar-refractivity contribution is 0.0702. The van der Waals surface area contributed by atoms with Crippen molar-refractivity contribution in [2.24, 2.45) is 0 Å². The van der Waals surface area contributed by atoms with Crippen LogP contribution in [-0.2, 0) is 6.54 Å². The zero-order valence-corrected chi connectivity index (χ0v) is 15.5. The molecule has 5 nitrogen and oxygen atoms in total. The van der Waals surface area contributed by atoms with E-state index in [0.717, 1.165) is 30.6 Å². The second-order valence-electron chi connectivity index (χ2n) is 6.77. The van der Waals surface area contributed by atoms with Crippen LogP contribution in [0.5, 0.6) is 5.75 Å². The van der Waals surface area contributed by atoms with Crippen LogP contribution in [0, 0.1) is 6.92 Å². The first-order valence-corrected chi connectivity index (χ1v) is 9.19.